The van der Waals surface area contributed by atoms with Gasteiger partial charge in [0.15, 0.2) is 0 Å². The van der Waals surface area contributed by atoms with E-state index in [-0.39, 0.29) is 22.2 Å². The number of hydrogen-bond donors (Lipinski definition) is 2. The van der Waals surface area contributed by atoms with Crippen LogP contribution in [0.25, 0.3) is 0 Å². The summed E-state index contributed by atoms with van der Waals surface area (Å²) in [5.74, 6) is -1.24. The highest BCUT2D eigenvalue weighted by Gasteiger charge is 2.38. The lowest BCUT2D eigenvalue weighted by Crippen LogP contribution is -2.57. The second-order valence-electron chi connectivity index (χ2n) is 5.00. The van der Waals surface area contributed by atoms with Crippen LogP contribution in [0.5, 0.6) is 0 Å². The molecule has 0 unspecified atom stereocenters. The summed E-state index contributed by atoms with van der Waals surface area (Å²) in [5, 5.41) is 8.61. The predicted molar refractivity (Wildman–Crippen MR) is 77.1 cm³/mol. The Morgan fingerprint density at radius 2 is 2.13 bits per heavy atom. The van der Waals surface area contributed by atoms with Crippen LogP contribution in [0.1, 0.15) is 29.3 Å². The predicted octanol–water partition coefficient (Wildman–Crippen LogP) is 2.58. The van der Waals surface area contributed by atoms with Gasteiger partial charge >= 0.3 is 5.51 Å². The van der Waals surface area contributed by atoms with E-state index in [0.29, 0.717) is 24.9 Å². The minimum atomic E-state index is -4.44. The highest BCUT2D eigenvalue weighted by atomic mass is 32.2. The molecular formula is C14H15F3N2O3S. The average molecular weight is 348 g/mol. The molecule has 1 fully saturated rings. The fraction of sp³-hybridized carbons (Fsp3) is 0.429. The number of hydrogen-bond acceptors (Lipinski definition) is 4. The molecule has 1 aromatic rings. The number of thioether (sulfide) groups is 1. The summed E-state index contributed by atoms with van der Waals surface area (Å²) in [7, 11) is 0. The molecule has 1 aliphatic rings. The zero-order valence-electron chi connectivity index (χ0n) is 12.2. The molecule has 2 rings (SSSR count). The van der Waals surface area contributed by atoms with Crippen LogP contribution in [0.4, 0.5) is 13.2 Å². The fourth-order valence-electron chi connectivity index (χ4n) is 2.34. The van der Waals surface area contributed by atoms with Crippen LogP contribution >= 0.6 is 11.8 Å². The summed E-state index contributed by atoms with van der Waals surface area (Å²) < 4.78 is 37.9. The minimum Gasteiger partial charge on any atom is -0.326 e. The number of rotatable bonds is 4. The van der Waals surface area contributed by atoms with Crippen LogP contribution in [-0.4, -0.2) is 40.0 Å². The standard InChI is InChI=1S/C14H15F3N2O3S/c1-2-8-3-4-9(7-11(8)23-14(15,16)17)13(21)19-6-5-10(19)12(20)18-22/h3-4,7,10,22H,2,5-6H2,1H3,(H,18,20)/t10-/m1/s1. The van der Waals surface area contributed by atoms with Crippen LogP contribution in [0.3, 0.4) is 0 Å². The Labute approximate surface area is 134 Å². The molecule has 2 amide bonds. The Bertz CT molecular complexity index is 622. The van der Waals surface area contributed by atoms with Crippen molar-refractivity contribution in [2.24, 2.45) is 0 Å². The molecular weight excluding hydrogens is 333 g/mol. The van der Waals surface area contributed by atoms with E-state index in [1.54, 1.807) is 6.92 Å². The molecule has 0 saturated carbocycles. The SMILES string of the molecule is CCc1ccc(C(=O)N2CC[C@@H]2C(=O)NO)cc1SC(F)(F)F. The highest BCUT2D eigenvalue weighted by molar-refractivity contribution is 8.00. The molecule has 126 valence electrons. The lowest BCUT2D eigenvalue weighted by atomic mass is 10.00. The third-order valence-electron chi connectivity index (χ3n) is 3.61. The van der Waals surface area contributed by atoms with Gasteiger partial charge in [-0.25, -0.2) is 5.48 Å². The average Bonchev–Trinajstić information content (AvgIpc) is 2.44. The first-order chi connectivity index (χ1) is 10.8. The number of amides is 2. The normalized spacial score (nSPS) is 17.6. The van der Waals surface area contributed by atoms with Gasteiger partial charge in [0.1, 0.15) is 6.04 Å². The molecule has 2 N–H and O–H groups in total. The number of likely N-dealkylation sites (tertiary alicyclic amines) is 1. The Morgan fingerprint density at radius 3 is 2.61 bits per heavy atom. The summed E-state index contributed by atoms with van der Waals surface area (Å²) in [4.78, 5) is 24.9. The summed E-state index contributed by atoms with van der Waals surface area (Å²) in [6.45, 7) is 2.04. The van der Waals surface area contributed by atoms with Gasteiger partial charge in [-0.3, -0.25) is 14.8 Å². The van der Waals surface area contributed by atoms with Crippen LogP contribution in [0, 0.1) is 0 Å². The molecule has 5 nitrogen and oxygen atoms in total. The molecule has 0 spiro atoms. The second-order valence-corrected chi connectivity index (χ2v) is 6.11. The molecule has 1 atom stereocenters. The van der Waals surface area contributed by atoms with Gasteiger partial charge in [-0.1, -0.05) is 13.0 Å². The molecule has 1 aliphatic heterocycles. The molecule has 0 radical (unpaired) electrons. The third-order valence-corrected chi connectivity index (χ3v) is 4.45. The summed E-state index contributed by atoms with van der Waals surface area (Å²) in [5.41, 5.74) is -2.38. The second kappa shape index (κ2) is 6.79. The first kappa shape index (κ1) is 17.6. The van der Waals surface area contributed by atoms with Gasteiger partial charge in [-0.15, -0.1) is 0 Å². The number of halogens is 3. The van der Waals surface area contributed by atoms with Crippen molar-refractivity contribution in [3.05, 3.63) is 29.3 Å². The number of carbonyl (C=O) groups is 2. The summed E-state index contributed by atoms with van der Waals surface area (Å²) in [6, 6.07) is 3.35. The largest absolute Gasteiger partial charge is 0.446 e. The number of carbonyl (C=O) groups excluding carboxylic acids is 2. The maximum absolute atomic E-state index is 12.6. The maximum atomic E-state index is 12.6. The zero-order valence-corrected chi connectivity index (χ0v) is 13.0. The van der Waals surface area contributed by atoms with E-state index in [4.69, 9.17) is 5.21 Å². The monoisotopic (exact) mass is 348 g/mol. The Balaban J connectivity index is 2.24. The fourth-order valence-corrected chi connectivity index (χ4v) is 3.12. The van der Waals surface area contributed by atoms with Crippen molar-refractivity contribution < 1.29 is 28.0 Å². The van der Waals surface area contributed by atoms with E-state index in [1.807, 2.05) is 0 Å². The molecule has 1 aromatic carbocycles. The number of nitrogens with one attached hydrogen (secondary N) is 1. The lowest BCUT2D eigenvalue weighted by molar-refractivity contribution is -0.137. The van der Waals surface area contributed by atoms with Gasteiger partial charge in [0.25, 0.3) is 11.8 Å². The number of benzene rings is 1. The number of hydroxylamine groups is 1. The van der Waals surface area contributed by atoms with Gasteiger partial charge in [-0.2, -0.15) is 13.2 Å². The van der Waals surface area contributed by atoms with Gasteiger partial charge in [0.05, 0.1) is 0 Å². The summed E-state index contributed by atoms with van der Waals surface area (Å²) in [6.07, 6.45) is 0.807. The van der Waals surface area contributed by atoms with Gasteiger partial charge in [0, 0.05) is 17.0 Å². The van der Waals surface area contributed by atoms with Crippen molar-refractivity contribution in [3.63, 3.8) is 0 Å². The van der Waals surface area contributed by atoms with Gasteiger partial charge in [0.2, 0.25) is 0 Å². The smallest absolute Gasteiger partial charge is 0.326 e. The molecule has 9 heteroatoms. The molecule has 0 aliphatic carbocycles. The lowest BCUT2D eigenvalue weighted by Gasteiger charge is -2.39. The van der Waals surface area contributed by atoms with Crippen molar-refractivity contribution in [2.75, 3.05) is 6.54 Å². The van der Waals surface area contributed by atoms with Crippen molar-refractivity contribution in [1.29, 1.82) is 0 Å². The number of alkyl halides is 3. The Kier molecular flexibility index (Phi) is 5.20. The van der Waals surface area contributed by atoms with Crippen LogP contribution < -0.4 is 5.48 Å². The molecule has 0 aromatic heterocycles. The van der Waals surface area contributed by atoms with Crippen molar-refractivity contribution in [2.45, 2.75) is 36.2 Å². The maximum Gasteiger partial charge on any atom is 0.446 e. The van der Waals surface area contributed by atoms with Crippen LogP contribution in [-0.2, 0) is 11.2 Å². The quantitative estimate of drug-likeness (QED) is 0.498. The van der Waals surface area contributed by atoms with E-state index in [2.05, 4.69) is 0 Å². The van der Waals surface area contributed by atoms with E-state index in [9.17, 15) is 22.8 Å². The summed E-state index contributed by atoms with van der Waals surface area (Å²) >= 11 is -0.258. The molecule has 23 heavy (non-hydrogen) atoms. The molecule has 1 saturated heterocycles. The first-order valence-corrected chi connectivity index (χ1v) is 7.72. The minimum absolute atomic E-state index is 0.0190. The molecule has 1 heterocycles. The van der Waals surface area contributed by atoms with E-state index in [0.717, 1.165) is 0 Å². The van der Waals surface area contributed by atoms with Gasteiger partial charge < -0.3 is 4.90 Å². The Morgan fingerprint density at radius 1 is 1.43 bits per heavy atom. The Hall–Kier alpha value is -1.74. The highest BCUT2D eigenvalue weighted by Crippen LogP contribution is 2.39. The number of aryl methyl sites for hydroxylation is 1. The van der Waals surface area contributed by atoms with E-state index >= 15 is 0 Å². The van der Waals surface area contributed by atoms with Crippen LogP contribution in [0.2, 0.25) is 0 Å². The van der Waals surface area contributed by atoms with E-state index in [1.165, 1.54) is 28.6 Å². The van der Waals surface area contributed by atoms with Crippen molar-refractivity contribution >= 4 is 23.6 Å². The van der Waals surface area contributed by atoms with E-state index < -0.39 is 23.4 Å². The van der Waals surface area contributed by atoms with Gasteiger partial charge in [-0.05, 0) is 42.3 Å². The topological polar surface area (TPSA) is 69.6 Å². The van der Waals surface area contributed by atoms with Crippen LogP contribution in [0.15, 0.2) is 23.1 Å². The van der Waals surface area contributed by atoms with Crippen molar-refractivity contribution in [1.82, 2.24) is 10.4 Å². The molecule has 0 bridgehead atoms. The number of nitrogens with zero attached hydrogens (tertiary/aromatic N) is 1. The first-order valence-electron chi connectivity index (χ1n) is 6.90. The third kappa shape index (κ3) is 3.97. The van der Waals surface area contributed by atoms with Crippen molar-refractivity contribution in [3.8, 4) is 0 Å². The zero-order chi connectivity index (χ0) is 17.2.